The average Bonchev–Trinajstić information content (AvgIpc) is 4.32. The number of hydrogen-bond donors (Lipinski definition) is 0. The normalized spacial score (nSPS) is 16.1. The Balaban J connectivity index is 1.14. The number of unbranched alkanes of at least 4 members (excludes halogenated alkanes) is 2. The Morgan fingerprint density at radius 3 is 1.41 bits per heavy atom. The molecule has 0 radical (unpaired) electrons. The molecule has 74 heavy (non-hydrogen) atoms. The SMILES string of the molecule is CCCCC(CC)CCc1c2cc(N(c3ccc(C4OC[I-]O4)cc3)c3cccc4ccccc34)sc2c(CCC(CC)CCCC)c2cc(N(c3ccc(C4OCCO4)cc3)c3cccc4ccccc34)sc12. The van der Waals surface area contributed by atoms with Gasteiger partial charge in [0.15, 0.2) is 6.29 Å². The maximum atomic E-state index is 6.08. The second kappa shape index (κ2) is 24.0. The van der Waals surface area contributed by atoms with Crippen molar-refractivity contribution in [2.75, 3.05) is 27.6 Å². The molecule has 2 saturated heterocycles. The molecule has 0 aliphatic carbocycles. The Hall–Kier alpha value is -4.85. The van der Waals surface area contributed by atoms with Gasteiger partial charge in [0.2, 0.25) is 0 Å². The zero-order valence-electron chi connectivity index (χ0n) is 43.5. The predicted octanol–water partition coefficient (Wildman–Crippen LogP) is 16.7. The van der Waals surface area contributed by atoms with Gasteiger partial charge in [-0.3, -0.25) is 0 Å². The second-order valence-electron chi connectivity index (χ2n) is 20.3. The number of rotatable bonds is 22. The van der Waals surface area contributed by atoms with Gasteiger partial charge in [0.05, 0.1) is 18.9 Å². The number of thiophene rings is 2. The number of aryl methyl sites for hydroxylation is 2. The van der Waals surface area contributed by atoms with E-state index < -0.39 is 0 Å². The summed E-state index contributed by atoms with van der Waals surface area (Å²) in [6.07, 6.45) is 13.8. The number of halogens is 1. The summed E-state index contributed by atoms with van der Waals surface area (Å²) in [7, 11) is 0. The smallest absolute Gasteiger partial charge is 0.346 e. The van der Waals surface area contributed by atoms with Crippen molar-refractivity contribution in [2.45, 2.75) is 117 Å². The molecule has 0 amide bonds. The molecule has 3 atom stereocenters. The third kappa shape index (κ3) is 10.8. The third-order valence-electron chi connectivity index (χ3n) is 15.7. The van der Waals surface area contributed by atoms with Gasteiger partial charge >= 0.3 is 206 Å². The van der Waals surface area contributed by atoms with Crippen molar-refractivity contribution in [1.29, 1.82) is 0 Å². The molecular formula is C65H70IN2O4S2-. The molecule has 0 saturated carbocycles. The minimum atomic E-state index is -0.374. The van der Waals surface area contributed by atoms with E-state index in [0.717, 1.165) is 40.0 Å². The summed E-state index contributed by atoms with van der Waals surface area (Å²) < 4.78 is 27.7. The van der Waals surface area contributed by atoms with Gasteiger partial charge < -0.3 is 14.4 Å². The third-order valence-corrected chi connectivity index (χ3v) is 19.5. The fourth-order valence-electron chi connectivity index (χ4n) is 11.4. The van der Waals surface area contributed by atoms with Crippen molar-refractivity contribution < 1.29 is 38.9 Å². The summed E-state index contributed by atoms with van der Waals surface area (Å²) in [4.78, 5) is 5.06. The standard InChI is InChI=1S/C65H70IN2O4S2/c1-5-9-17-44(7-3)27-37-54-56-41-60(67(58-25-15-21-46-19-11-13-23-52(46)58)50-33-29-48(30-34-50)64-69-39-40-70-64)73-62(56)55(38-28-45(8-4)18-10-6-2)57-42-61(74-63(54)57)68(59-26-16-22-47-20-12-14-24-53(47)59)51-35-31-49(32-36-51)65-71-43-66-72-65/h11-16,19-26,29-36,41-42,44-45,64-65H,5-10,17-18,27-28,37-40,43H2,1-4H3/q-1. The van der Waals surface area contributed by atoms with Crippen LogP contribution in [0.1, 0.15) is 127 Å². The first-order chi connectivity index (χ1) is 36.5. The average molecular weight is 1130 g/mol. The van der Waals surface area contributed by atoms with E-state index in [1.165, 1.54) is 138 Å². The molecule has 2 aromatic heterocycles. The van der Waals surface area contributed by atoms with Crippen molar-refractivity contribution in [3.05, 3.63) is 168 Å². The van der Waals surface area contributed by atoms with Crippen LogP contribution in [0.5, 0.6) is 0 Å². The monoisotopic (exact) mass is 1130 g/mol. The number of nitrogens with zero attached hydrogens (tertiary/aromatic N) is 2. The Morgan fingerprint density at radius 2 is 0.959 bits per heavy atom. The Bertz CT molecular complexity index is 3020. The van der Waals surface area contributed by atoms with Crippen molar-refractivity contribution in [1.82, 2.24) is 0 Å². The molecular weight excluding hydrogens is 1060 g/mol. The van der Waals surface area contributed by atoms with E-state index in [4.69, 9.17) is 17.3 Å². The van der Waals surface area contributed by atoms with Crippen molar-refractivity contribution in [3.8, 4) is 0 Å². The molecule has 9 heteroatoms. The molecule has 6 nitrogen and oxygen atoms in total. The number of fused-ring (bicyclic) bond motifs is 4. The molecule has 0 spiro atoms. The fourth-order valence-corrected chi connectivity index (χ4v) is 15.4. The van der Waals surface area contributed by atoms with Crippen LogP contribution in [-0.4, -0.2) is 17.8 Å². The van der Waals surface area contributed by atoms with E-state index in [2.05, 4.69) is 183 Å². The molecule has 2 aliphatic heterocycles. The van der Waals surface area contributed by atoms with E-state index in [-0.39, 0.29) is 34.2 Å². The van der Waals surface area contributed by atoms with Crippen LogP contribution in [0.2, 0.25) is 0 Å². The van der Waals surface area contributed by atoms with E-state index in [9.17, 15) is 0 Å². The van der Waals surface area contributed by atoms with Crippen LogP contribution in [0.3, 0.4) is 0 Å². The van der Waals surface area contributed by atoms with Gasteiger partial charge in [0.1, 0.15) is 5.00 Å². The molecule has 3 unspecified atom stereocenters. The van der Waals surface area contributed by atoms with Crippen LogP contribution in [0.4, 0.5) is 32.8 Å². The molecule has 2 aliphatic rings. The zero-order chi connectivity index (χ0) is 50.4. The molecule has 4 heterocycles. The summed E-state index contributed by atoms with van der Waals surface area (Å²) in [6.45, 7) is 10.7. The van der Waals surface area contributed by atoms with Gasteiger partial charge in [-0.05, 0) is 54.3 Å². The van der Waals surface area contributed by atoms with Crippen LogP contribution in [0.25, 0.3) is 41.7 Å². The quantitative estimate of drug-likeness (QED) is 0.0498. The molecule has 2 fully saturated rings. The predicted molar refractivity (Wildman–Crippen MR) is 309 cm³/mol. The maximum absolute atomic E-state index is 6.08. The first-order valence-corrected chi connectivity index (χ1v) is 31.4. The summed E-state index contributed by atoms with van der Waals surface area (Å²) in [5, 5.41) is 10.3. The van der Waals surface area contributed by atoms with Crippen LogP contribution in [-0.2, 0) is 30.1 Å². The number of ether oxygens (including phenoxy) is 3. The van der Waals surface area contributed by atoms with Gasteiger partial charge in [-0.15, -0.1) is 11.3 Å². The molecule has 384 valence electrons. The first-order valence-electron chi connectivity index (χ1n) is 27.4. The van der Waals surface area contributed by atoms with E-state index in [1.807, 2.05) is 22.7 Å². The minimum absolute atomic E-state index is 0.277. The molecule has 0 bridgehead atoms. The van der Waals surface area contributed by atoms with Crippen LogP contribution in [0, 0.1) is 11.8 Å². The van der Waals surface area contributed by atoms with Gasteiger partial charge in [-0.1, -0.05) is 128 Å². The van der Waals surface area contributed by atoms with Crippen LogP contribution >= 0.6 is 22.7 Å². The number of anilines is 6. The number of benzene rings is 7. The summed E-state index contributed by atoms with van der Waals surface area (Å²) in [5.74, 6) is 1.36. The Labute approximate surface area is 457 Å². The van der Waals surface area contributed by atoms with E-state index in [1.54, 1.807) is 0 Å². The topological polar surface area (TPSA) is 43.4 Å². The molecule has 11 rings (SSSR count). The van der Waals surface area contributed by atoms with Crippen molar-refractivity contribution in [2.24, 2.45) is 11.8 Å². The summed E-state index contributed by atoms with van der Waals surface area (Å²) in [6, 6.07) is 54.3. The number of hydrogen-bond acceptors (Lipinski definition) is 8. The van der Waals surface area contributed by atoms with Crippen molar-refractivity contribution >= 4 is 97.1 Å². The van der Waals surface area contributed by atoms with Crippen LogP contribution in [0.15, 0.2) is 146 Å². The first kappa shape index (κ1) is 51.3. The zero-order valence-corrected chi connectivity index (χ0v) is 47.3. The van der Waals surface area contributed by atoms with Gasteiger partial charge in [0, 0.05) is 16.6 Å². The van der Waals surface area contributed by atoms with Gasteiger partial charge in [0.25, 0.3) is 0 Å². The van der Waals surface area contributed by atoms with Gasteiger partial charge in [-0.25, -0.2) is 0 Å². The Morgan fingerprint density at radius 1 is 0.500 bits per heavy atom. The van der Waals surface area contributed by atoms with E-state index in [0.29, 0.717) is 25.0 Å². The minimum Gasteiger partial charge on any atom is -0.346 e. The van der Waals surface area contributed by atoms with Crippen LogP contribution < -0.4 is 31.4 Å². The van der Waals surface area contributed by atoms with E-state index >= 15 is 0 Å². The fraction of sp³-hybridized carbons (Fsp3) is 0.354. The van der Waals surface area contributed by atoms with Gasteiger partial charge in [-0.2, -0.15) is 0 Å². The molecule has 7 aromatic carbocycles. The van der Waals surface area contributed by atoms with Crippen molar-refractivity contribution in [3.63, 3.8) is 0 Å². The molecule has 0 N–H and O–H groups in total. The summed E-state index contributed by atoms with van der Waals surface area (Å²) >= 11 is 3.61. The second-order valence-corrected chi connectivity index (χ2v) is 24.1. The molecule has 9 aromatic rings. The Kier molecular flexibility index (Phi) is 16.6. The number of alkyl halides is 1. The summed E-state index contributed by atoms with van der Waals surface area (Å²) in [5.41, 5.74) is 9.76.